The van der Waals surface area contributed by atoms with Crippen molar-refractivity contribution in [3.05, 3.63) is 74.6 Å². The molecule has 2 aromatic carbocycles. The van der Waals surface area contributed by atoms with Crippen molar-refractivity contribution in [3.8, 4) is 5.75 Å². The van der Waals surface area contributed by atoms with Gasteiger partial charge in [-0.05, 0) is 36.2 Å². The molecule has 1 aliphatic rings. The van der Waals surface area contributed by atoms with Crippen LogP contribution in [0.4, 0.5) is 0 Å². The molecule has 5 nitrogen and oxygen atoms in total. The van der Waals surface area contributed by atoms with Crippen molar-refractivity contribution in [2.24, 2.45) is 0 Å². The minimum atomic E-state index is -0.291. The van der Waals surface area contributed by atoms with E-state index < -0.39 is 0 Å². The predicted molar refractivity (Wildman–Crippen MR) is 98.9 cm³/mol. The molecule has 0 unspecified atom stereocenters. The lowest BCUT2D eigenvalue weighted by Gasteiger charge is -2.27. The van der Waals surface area contributed by atoms with Crippen LogP contribution in [0.3, 0.4) is 0 Å². The summed E-state index contributed by atoms with van der Waals surface area (Å²) < 4.78 is 10.9. The van der Waals surface area contributed by atoms with Crippen LogP contribution >= 0.6 is 11.6 Å². The maximum absolute atomic E-state index is 12.9. The maximum atomic E-state index is 12.9. The van der Waals surface area contributed by atoms with E-state index in [2.05, 4.69) is 0 Å². The molecule has 1 aromatic heterocycles. The molecule has 0 fully saturated rings. The third-order valence-corrected chi connectivity index (χ3v) is 4.91. The molecule has 0 saturated carbocycles. The molecule has 0 radical (unpaired) electrons. The Bertz CT molecular complexity index is 1060. The van der Waals surface area contributed by atoms with Gasteiger partial charge in [-0.2, -0.15) is 0 Å². The molecule has 0 spiro atoms. The first-order chi connectivity index (χ1) is 12.6. The van der Waals surface area contributed by atoms with Gasteiger partial charge in [-0.15, -0.1) is 0 Å². The molecule has 3 aromatic rings. The number of hydrogen-bond acceptors (Lipinski definition) is 4. The van der Waals surface area contributed by atoms with E-state index in [1.165, 1.54) is 0 Å². The zero-order valence-corrected chi connectivity index (χ0v) is 14.9. The molecular formula is C20H16ClNO4. The molecular weight excluding hydrogens is 354 g/mol. The van der Waals surface area contributed by atoms with Crippen LogP contribution in [0.25, 0.3) is 11.0 Å². The molecule has 0 N–H and O–H groups in total. The zero-order chi connectivity index (χ0) is 18.3. The van der Waals surface area contributed by atoms with Gasteiger partial charge in [0.1, 0.15) is 5.75 Å². The average Bonchev–Trinajstić information content (AvgIpc) is 2.66. The van der Waals surface area contributed by atoms with Crippen LogP contribution in [0.1, 0.15) is 21.7 Å². The van der Waals surface area contributed by atoms with E-state index in [1.807, 2.05) is 24.3 Å². The van der Waals surface area contributed by atoms with Gasteiger partial charge in [0, 0.05) is 13.1 Å². The number of rotatable bonds is 3. The quantitative estimate of drug-likeness (QED) is 0.707. The largest absolute Gasteiger partial charge is 0.497 e. The summed E-state index contributed by atoms with van der Waals surface area (Å²) in [5, 5.41) is 0.732. The zero-order valence-electron chi connectivity index (χ0n) is 14.1. The van der Waals surface area contributed by atoms with Gasteiger partial charge >= 0.3 is 0 Å². The van der Waals surface area contributed by atoms with Gasteiger partial charge < -0.3 is 14.1 Å². The van der Waals surface area contributed by atoms with E-state index in [0.717, 1.165) is 11.3 Å². The lowest BCUT2D eigenvalue weighted by Crippen LogP contribution is -2.39. The summed E-state index contributed by atoms with van der Waals surface area (Å²) >= 11 is 6.14. The average molecular weight is 370 g/mol. The van der Waals surface area contributed by atoms with Crippen LogP contribution in [-0.4, -0.2) is 24.5 Å². The third-order valence-electron chi connectivity index (χ3n) is 4.61. The van der Waals surface area contributed by atoms with Crippen LogP contribution in [0, 0.1) is 0 Å². The van der Waals surface area contributed by atoms with Crippen molar-refractivity contribution >= 4 is 28.5 Å². The van der Waals surface area contributed by atoms with E-state index in [9.17, 15) is 9.59 Å². The second-order valence-electron chi connectivity index (χ2n) is 6.18. The molecule has 4 rings (SSSR count). The summed E-state index contributed by atoms with van der Waals surface area (Å²) in [5.74, 6) is 0.563. The smallest absolute Gasteiger partial charge is 0.290 e. The SMILES string of the molecule is COc1ccc(CN2CCc3c(oc4c(Cl)cccc4c3=O)C2=O)cc1. The van der Waals surface area contributed by atoms with Crippen molar-refractivity contribution < 1.29 is 13.9 Å². The van der Waals surface area contributed by atoms with Gasteiger partial charge in [0.25, 0.3) is 5.91 Å². The number of carbonyl (C=O) groups is 1. The first-order valence-corrected chi connectivity index (χ1v) is 8.62. The highest BCUT2D eigenvalue weighted by atomic mass is 35.5. The summed E-state index contributed by atoms with van der Waals surface area (Å²) in [6.07, 6.45) is 0.460. The first kappa shape index (κ1) is 16.7. The Morgan fingerprint density at radius 2 is 1.92 bits per heavy atom. The number of para-hydroxylation sites is 1. The van der Waals surface area contributed by atoms with Crippen molar-refractivity contribution in [2.45, 2.75) is 13.0 Å². The number of halogens is 1. The fraction of sp³-hybridized carbons (Fsp3) is 0.200. The molecule has 1 aliphatic heterocycles. The molecule has 0 bridgehead atoms. The topological polar surface area (TPSA) is 59.8 Å². The Hall–Kier alpha value is -2.79. The molecule has 1 amide bonds. The number of carbonyl (C=O) groups excluding carboxylic acids is 1. The Labute approximate surface area is 154 Å². The number of benzene rings is 2. The number of fused-ring (bicyclic) bond motifs is 2. The Morgan fingerprint density at radius 3 is 2.65 bits per heavy atom. The van der Waals surface area contributed by atoms with Crippen LogP contribution in [0.15, 0.2) is 51.7 Å². The Morgan fingerprint density at radius 1 is 1.15 bits per heavy atom. The Kier molecular flexibility index (Phi) is 4.17. The molecule has 0 saturated heterocycles. The van der Waals surface area contributed by atoms with Gasteiger partial charge in [0.15, 0.2) is 16.8 Å². The van der Waals surface area contributed by atoms with Crippen LogP contribution in [-0.2, 0) is 13.0 Å². The fourth-order valence-corrected chi connectivity index (χ4v) is 3.43. The highest BCUT2D eigenvalue weighted by Gasteiger charge is 2.30. The highest BCUT2D eigenvalue weighted by Crippen LogP contribution is 2.27. The number of hydrogen-bond donors (Lipinski definition) is 0. The molecule has 6 heteroatoms. The van der Waals surface area contributed by atoms with E-state index in [4.69, 9.17) is 20.8 Å². The van der Waals surface area contributed by atoms with E-state index in [-0.39, 0.29) is 22.7 Å². The molecule has 0 aliphatic carbocycles. The lowest BCUT2D eigenvalue weighted by molar-refractivity contribution is 0.0689. The van der Waals surface area contributed by atoms with Crippen LogP contribution in [0.5, 0.6) is 5.75 Å². The van der Waals surface area contributed by atoms with E-state index in [0.29, 0.717) is 35.5 Å². The maximum Gasteiger partial charge on any atom is 0.290 e. The van der Waals surface area contributed by atoms with Crippen molar-refractivity contribution in [3.63, 3.8) is 0 Å². The van der Waals surface area contributed by atoms with Crippen LogP contribution in [0.2, 0.25) is 5.02 Å². The number of ether oxygens (including phenoxy) is 1. The second-order valence-corrected chi connectivity index (χ2v) is 6.59. The first-order valence-electron chi connectivity index (χ1n) is 8.25. The normalized spacial score (nSPS) is 13.8. The summed E-state index contributed by atoms with van der Waals surface area (Å²) in [6.45, 7) is 0.904. The Balaban J connectivity index is 1.70. The molecule has 26 heavy (non-hydrogen) atoms. The van der Waals surface area contributed by atoms with E-state index >= 15 is 0 Å². The molecule has 0 atom stereocenters. The standard InChI is InChI=1S/C20H16ClNO4/c1-25-13-7-5-12(6-8-13)11-22-10-9-15-17(23)14-3-2-4-16(21)18(14)26-19(15)20(22)24/h2-8H,9-11H2,1H3. The fourth-order valence-electron chi connectivity index (χ4n) is 3.21. The number of methoxy groups -OCH3 is 1. The number of nitrogens with zero attached hydrogens (tertiary/aromatic N) is 1. The highest BCUT2D eigenvalue weighted by molar-refractivity contribution is 6.34. The summed E-state index contributed by atoms with van der Waals surface area (Å²) in [4.78, 5) is 27.3. The van der Waals surface area contributed by atoms with Crippen LogP contribution < -0.4 is 10.2 Å². The third kappa shape index (κ3) is 2.74. The summed E-state index contributed by atoms with van der Waals surface area (Å²) in [7, 11) is 1.61. The number of amides is 1. The summed E-state index contributed by atoms with van der Waals surface area (Å²) in [6, 6.07) is 12.5. The molecule has 2 heterocycles. The van der Waals surface area contributed by atoms with Gasteiger partial charge in [-0.3, -0.25) is 9.59 Å². The molecule has 132 valence electrons. The van der Waals surface area contributed by atoms with Gasteiger partial charge in [-0.25, -0.2) is 0 Å². The van der Waals surface area contributed by atoms with E-state index in [1.54, 1.807) is 30.2 Å². The van der Waals surface area contributed by atoms with Gasteiger partial charge in [0.2, 0.25) is 0 Å². The monoisotopic (exact) mass is 369 g/mol. The predicted octanol–water partition coefficient (Wildman–Crippen LogP) is 3.65. The van der Waals surface area contributed by atoms with Crippen molar-refractivity contribution in [2.75, 3.05) is 13.7 Å². The lowest BCUT2D eigenvalue weighted by atomic mass is 10.0. The van der Waals surface area contributed by atoms with Crippen molar-refractivity contribution in [1.82, 2.24) is 4.90 Å². The van der Waals surface area contributed by atoms with Gasteiger partial charge in [-0.1, -0.05) is 29.8 Å². The minimum absolute atomic E-state index is 0.0929. The van der Waals surface area contributed by atoms with Crippen molar-refractivity contribution in [1.29, 1.82) is 0 Å². The van der Waals surface area contributed by atoms with Gasteiger partial charge in [0.05, 0.1) is 23.1 Å². The second kappa shape index (κ2) is 6.50. The summed E-state index contributed by atoms with van der Waals surface area (Å²) in [5.41, 5.74) is 1.48. The minimum Gasteiger partial charge on any atom is -0.497 e.